The van der Waals surface area contributed by atoms with Gasteiger partial charge in [0.25, 0.3) is 0 Å². The van der Waals surface area contributed by atoms with E-state index in [0.717, 1.165) is 11.1 Å². The molecule has 0 spiro atoms. The highest BCUT2D eigenvalue weighted by molar-refractivity contribution is 5.90. The summed E-state index contributed by atoms with van der Waals surface area (Å²) in [6, 6.07) is 17.1. The van der Waals surface area contributed by atoms with Crippen LogP contribution in [0.3, 0.4) is 0 Å². The first-order valence-electron chi connectivity index (χ1n) is 6.57. The zero-order valence-electron chi connectivity index (χ0n) is 12.3. The van der Waals surface area contributed by atoms with E-state index in [4.69, 9.17) is 14.2 Å². The van der Waals surface area contributed by atoms with Crippen LogP contribution in [0.2, 0.25) is 0 Å². The lowest BCUT2D eigenvalue weighted by Crippen LogP contribution is -2.35. The maximum Gasteiger partial charge on any atom is 0.342 e. The van der Waals surface area contributed by atoms with Crippen LogP contribution < -0.4 is 0 Å². The largest absolute Gasteiger partial charge is 0.404 e. The van der Waals surface area contributed by atoms with Crippen molar-refractivity contribution in [2.24, 2.45) is 0 Å². The van der Waals surface area contributed by atoms with Crippen LogP contribution in [0.15, 0.2) is 54.6 Å². The van der Waals surface area contributed by atoms with Gasteiger partial charge in [0.1, 0.15) is 0 Å². The van der Waals surface area contributed by atoms with Crippen molar-refractivity contribution in [2.45, 2.75) is 12.9 Å². The van der Waals surface area contributed by atoms with Gasteiger partial charge in [0.05, 0.1) is 5.56 Å². The van der Waals surface area contributed by atoms with Gasteiger partial charge in [-0.25, -0.2) is 4.79 Å². The summed E-state index contributed by atoms with van der Waals surface area (Å²) in [5.74, 6) is -1.88. The molecule has 0 atom stereocenters. The number of hydrogen-bond acceptors (Lipinski definition) is 4. The number of carbonyl (C=O) groups excluding carboxylic acids is 1. The van der Waals surface area contributed by atoms with Crippen molar-refractivity contribution in [3.8, 4) is 11.1 Å². The maximum absolute atomic E-state index is 12.0. The Morgan fingerprint density at radius 1 is 0.857 bits per heavy atom. The number of methoxy groups -OCH3 is 2. The molecule has 2 rings (SSSR count). The number of carbonyl (C=O) groups is 1. The predicted octanol–water partition coefficient (Wildman–Crippen LogP) is 3.48. The van der Waals surface area contributed by atoms with Gasteiger partial charge in [-0.05, 0) is 23.3 Å². The molecule has 0 amide bonds. The van der Waals surface area contributed by atoms with E-state index in [-0.39, 0.29) is 0 Å². The Morgan fingerprint density at radius 3 is 1.90 bits per heavy atom. The number of benzene rings is 2. The minimum absolute atomic E-state index is 0.440. The fourth-order valence-electron chi connectivity index (χ4n) is 1.82. The highest BCUT2D eigenvalue weighted by atomic mass is 16.9. The van der Waals surface area contributed by atoms with E-state index in [2.05, 4.69) is 0 Å². The number of esters is 1. The first-order chi connectivity index (χ1) is 10.1. The molecule has 0 unspecified atom stereocenters. The molecule has 0 N–H and O–H groups in total. The molecule has 21 heavy (non-hydrogen) atoms. The average molecular weight is 286 g/mol. The minimum Gasteiger partial charge on any atom is -0.404 e. The quantitative estimate of drug-likeness (QED) is 0.623. The highest BCUT2D eigenvalue weighted by Crippen LogP contribution is 2.21. The summed E-state index contributed by atoms with van der Waals surface area (Å²) < 4.78 is 15.2. The Bertz CT molecular complexity index is 586. The Labute approximate surface area is 124 Å². The van der Waals surface area contributed by atoms with E-state index in [9.17, 15) is 4.79 Å². The van der Waals surface area contributed by atoms with Crippen LogP contribution in [-0.2, 0) is 14.2 Å². The summed E-state index contributed by atoms with van der Waals surface area (Å²) in [6.45, 7) is 1.53. The Kier molecular flexibility index (Phi) is 4.73. The van der Waals surface area contributed by atoms with Crippen molar-refractivity contribution in [3.63, 3.8) is 0 Å². The molecule has 0 heterocycles. The number of hydrogen-bond donors (Lipinski definition) is 0. The molecule has 0 aliphatic heterocycles. The van der Waals surface area contributed by atoms with Crippen molar-refractivity contribution in [1.82, 2.24) is 0 Å². The third-order valence-corrected chi connectivity index (χ3v) is 3.25. The van der Waals surface area contributed by atoms with Gasteiger partial charge >= 0.3 is 11.9 Å². The fraction of sp³-hybridized carbons (Fsp3) is 0.235. The van der Waals surface area contributed by atoms with Crippen LogP contribution >= 0.6 is 0 Å². The first kappa shape index (κ1) is 15.2. The summed E-state index contributed by atoms with van der Waals surface area (Å²) >= 11 is 0. The molecule has 4 nitrogen and oxygen atoms in total. The summed E-state index contributed by atoms with van der Waals surface area (Å²) in [6.07, 6.45) is 0. The van der Waals surface area contributed by atoms with Gasteiger partial charge in [-0.2, -0.15) is 0 Å². The van der Waals surface area contributed by atoms with E-state index in [1.54, 1.807) is 12.1 Å². The van der Waals surface area contributed by atoms with Crippen molar-refractivity contribution in [2.75, 3.05) is 14.2 Å². The smallest absolute Gasteiger partial charge is 0.342 e. The Balaban J connectivity index is 2.14. The first-order valence-corrected chi connectivity index (χ1v) is 6.57. The van der Waals surface area contributed by atoms with Crippen LogP contribution in [0.5, 0.6) is 0 Å². The van der Waals surface area contributed by atoms with E-state index in [0.29, 0.717) is 5.56 Å². The van der Waals surface area contributed by atoms with Crippen molar-refractivity contribution in [1.29, 1.82) is 0 Å². The molecule has 2 aromatic rings. The maximum atomic E-state index is 12.0. The SMILES string of the molecule is COC(C)(OC)OC(=O)c1ccc(-c2ccccc2)cc1. The Morgan fingerprint density at radius 2 is 1.38 bits per heavy atom. The second-order valence-corrected chi connectivity index (χ2v) is 4.60. The predicted molar refractivity (Wildman–Crippen MR) is 79.7 cm³/mol. The van der Waals surface area contributed by atoms with Crippen molar-refractivity contribution in [3.05, 3.63) is 60.2 Å². The molecular formula is C17H18O4. The van der Waals surface area contributed by atoms with Gasteiger partial charge in [0.2, 0.25) is 0 Å². The molecule has 0 saturated carbocycles. The summed E-state index contributed by atoms with van der Waals surface area (Å²) in [7, 11) is 2.82. The van der Waals surface area contributed by atoms with E-state index >= 15 is 0 Å². The molecular weight excluding hydrogens is 268 g/mol. The molecule has 2 aromatic carbocycles. The van der Waals surface area contributed by atoms with Crippen LogP contribution in [0, 0.1) is 0 Å². The molecule has 110 valence electrons. The lowest BCUT2D eigenvalue weighted by molar-refractivity contribution is -0.323. The van der Waals surface area contributed by atoms with E-state index < -0.39 is 11.9 Å². The molecule has 4 heteroatoms. The molecule has 0 aliphatic carbocycles. The highest BCUT2D eigenvalue weighted by Gasteiger charge is 2.28. The second kappa shape index (κ2) is 6.52. The minimum atomic E-state index is -1.38. The van der Waals surface area contributed by atoms with E-state index in [1.807, 2.05) is 42.5 Å². The van der Waals surface area contributed by atoms with Crippen LogP contribution in [0.25, 0.3) is 11.1 Å². The topological polar surface area (TPSA) is 44.8 Å². The average Bonchev–Trinajstić information content (AvgIpc) is 2.55. The van der Waals surface area contributed by atoms with Crippen molar-refractivity contribution < 1.29 is 19.0 Å². The molecule has 0 bridgehead atoms. The zero-order chi connectivity index (χ0) is 15.3. The lowest BCUT2D eigenvalue weighted by atomic mass is 10.0. The van der Waals surface area contributed by atoms with Crippen LogP contribution in [0.1, 0.15) is 17.3 Å². The molecule has 0 fully saturated rings. The Hall–Kier alpha value is -2.17. The molecule has 0 aromatic heterocycles. The summed E-state index contributed by atoms with van der Waals surface area (Å²) in [5.41, 5.74) is 2.57. The third kappa shape index (κ3) is 3.68. The molecule has 0 radical (unpaired) electrons. The second-order valence-electron chi connectivity index (χ2n) is 4.60. The summed E-state index contributed by atoms with van der Waals surface area (Å²) in [4.78, 5) is 12.0. The fourth-order valence-corrected chi connectivity index (χ4v) is 1.82. The lowest BCUT2D eigenvalue weighted by Gasteiger charge is -2.25. The monoisotopic (exact) mass is 286 g/mol. The molecule has 0 aliphatic rings. The van der Waals surface area contributed by atoms with Gasteiger partial charge in [0, 0.05) is 21.1 Å². The van der Waals surface area contributed by atoms with Gasteiger partial charge in [-0.15, -0.1) is 0 Å². The van der Waals surface area contributed by atoms with Gasteiger partial charge < -0.3 is 14.2 Å². The van der Waals surface area contributed by atoms with Crippen LogP contribution in [0.4, 0.5) is 0 Å². The van der Waals surface area contributed by atoms with Crippen molar-refractivity contribution >= 4 is 5.97 Å². The summed E-state index contributed by atoms with van der Waals surface area (Å²) in [5, 5.41) is 0. The molecule has 0 saturated heterocycles. The normalized spacial score (nSPS) is 11.2. The standard InChI is InChI=1S/C17H18O4/c1-17(19-2,20-3)21-16(18)15-11-9-14(10-12-15)13-7-5-4-6-8-13/h4-12H,1-3H3. The van der Waals surface area contributed by atoms with Gasteiger partial charge in [-0.3, -0.25) is 0 Å². The third-order valence-electron chi connectivity index (χ3n) is 3.25. The number of ether oxygens (including phenoxy) is 3. The van der Waals surface area contributed by atoms with Crippen LogP contribution in [-0.4, -0.2) is 26.2 Å². The van der Waals surface area contributed by atoms with Gasteiger partial charge in [-0.1, -0.05) is 42.5 Å². The van der Waals surface area contributed by atoms with E-state index in [1.165, 1.54) is 21.1 Å². The zero-order valence-corrected chi connectivity index (χ0v) is 12.3. The van der Waals surface area contributed by atoms with Gasteiger partial charge in [0.15, 0.2) is 0 Å². The number of rotatable bonds is 5.